The number of nitrogens with zero attached hydrogens (tertiary/aromatic N) is 1. The minimum Gasteiger partial charge on any atom is -0.275 e. The summed E-state index contributed by atoms with van der Waals surface area (Å²) in [7, 11) is -1.95. The summed E-state index contributed by atoms with van der Waals surface area (Å²) in [4.78, 5) is 11.7. The molecule has 1 aliphatic rings. The van der Waals surface area contributed by atoms with E-state index in [4.69, 9.17) is 11.6 Å². The lowest BCUT2D eigenvalue weighted by Crippen LogP contribution is -2.60. The molecule has 0 aromatic rings. The fourth-order valence-corrected chi connectivity index (χ4v) is 2.89. The van der Waals surface area contributed by atoms with Crippen LogP contribution in [0.25, 0.3) is 0 Å². The van der Waals surface area contributed by atoms with Gasteiger partial charge in [0.05, 0.1) is 0 Å². The third-order valence-electron chi connectivity index (χ3n) is 2.46. The van der Waals surface area contributed by atoms with Crippen LogP contribution in [-0.4, -0.2) is 29.3 Å². The van der Waals surface area contributed by atoms with Crippen LogP contribution in [-0.2, 0) is 9.36 Å². The van der Waals surface area contributed by atoms with E-state index in [9.17, 15) is 9.36 Å². The van der Waals surface area contributed by atoms with Gasteiger partial charge in [-0.25, -0.2) is 5.84 Å². The second kappa shape index (κ2) is 4.99. The zero-order valence-corrected chi connectivity index (χ0v) is 9.80. The van der Waals surface area contributed by atoms with E-state index >= 15 is 0 Å². The number of carbonyl (C=O) groups excluding carboxylic acids is 1. The zero-order valence-electron chi connectivity index (χ0n) is 8.90. The van der Waals surface area contributed by atoms with Crippen LogP contribution in [0.4, 0.5) is 0 Å². The number of amides is 1. The van der Waals surface area contributed by atoms with Gasteiger partial charge in [-0.1, -0.05) is 6.92 Å². The van der Waals surface area contributed by atoms with Crippen molar-refractivity contribution < 1.29 is 9.36 Å². The Hall–Kier alpha value is -0.550. The van der Waals surface area contributed by atoms with Gasteiger partial charge in [0.1, 0.15) is 0 Å². The summed E-state index contributed by atoms with van der Waals surface area (Å²) in [5, 5.41) is 2.51. The highest BCUT2D eigenvalue weighted by atomic mass is 31.1. The molecule has 6 nitrogen and oxygen atoms in total. The molecule has 0 spiro atoms. The standard InChI is InChI=1S/C8H18N4O2P/c1-2-5-11-15(14)8(9)4-3-6-12(10)7(8)13/h2-6,9-10H2,1H3,(H,11,14)/q+1. The highest BCUT2D eigenvalue weighted by Gasteiger charge is 2.56. The molecule has 5 N–H and O–H groups in total. The number of hydrogen-bond acceptors (Lipinski definition) is 4. The fraction of sp³-hybridized carbons (Fsp3) is 0.875. The second-order valence-corrected chi connectivity index (χ2v) is 5.43. The maximum atomic E-state index is 11.8. The van der Waals surface area contributed by atoms with Crippen LogP contribution in [0.1, 0.15) is 26.2 Å². The predicted molar refractivity (Wildman–Crippen MR) is 58.0 cm³/mol. The van der Waals surface area contributed by atoms with Gasteiger partial charge in [0.25, 0.3) is 0 Å². The molecule has 2 atom stereocenters. The lowest BCUT2D eigenvalue weighted by molar-refractivity contribution is -0.136. The topological polar surface area (TPSA) is 101 Å². The van der Waals surface area contributed by atoms with Crippen molar-refractivity contribution in [3.8, 4) is 0 Å². The Kier molecular flexibility index (Phi) is 4.16. The first kappa shape index (κ1) is 12.5. The summed E-state index contributed by atoms with van der Waals surface area (Å²) < 4.78 is 11.8. The van der Waals surface area contributed by atoms with Crippen LogP contribution in [0.3, 0.4) is 0 Å². The van der Waals surface area contributed by atoms with Crippen molar-refractivity contribution in [1.29, 1.82) is 0 Å². The molecule has 0 aliphatic carbocycles. The summed E-state index contributed by atoms with van der Waals surface area (Å²) in [5.41, 5.74) is 5.86. The van der Waals surface area contributed by atoms with Crippen molar-refractivity contribution in [2.24, 2.45) is 11.6 Å². The molecule has 1 fully saturated rings. The molecule has 15 heavy (non-hydrogen) atoms. The van der Waals surface area contributed by atoms with Gasteiger partial charge in [-0.15, -0.1) is 5.09 Å². The minimum atomic E-state index is -1.95. The van der Waals surface area contributed by atoms with Crippen LogP contribution in [0.2, 0.25) is 0 Å². The average molecular weight is 233 g/mol. The average Bonchev–Trinajstić information content (AvgIpc) is 2.22. The monoisotopic (exact) mass is 233 g/mol. The highest BCUT2D eigenvalue weighted by Crippen LogP contribution is 2.38. The largest absolute Gasteiger partial charge is 0.464 e. The molecule has 1 heterocycles. The quantitative estimate of drug-likeness (QED) is 0.357. The van der Waals surface area contributed by atoms with Gasteiger partial charge in [0.15, 0.2) is 0 Å². The van der Waals surface area contributed by atoms with E-state index in [0.29, 0.717) is 25.9 Å². The van der Waals surface area contributed by atoms with Gasteiger partial charge >= 0.3 is 19.1 Å². The number of carbonyl (C=O) groups is 1. The number of hydrogen-bond donors (Lipinski definition) is 3. The van der Waals surface area contributed by atoms with Crippen molar-refractivity contribution in [3.05, 3.63) is 0 Å². The molecule has 0 radical (unpaired) electrons. The first-order valence-electron chi connectivity index (χ1n) is 5.08. The molecule has 0 aromatic heterocycles. The zero-order chi connectivity index (χ0) is 11.5. The molecule has 0 bridgehead atoms. The minimum absolute atomic E-state index is 0.422. The van der Waals surface area contributed by atoms with Crippen LogP contribution in [0.5, 0.6) is 0 Å². The Balaban J connectivity index is 2.71. The highest BCUT2D eigenvalue weighted by molar-refractivity contribution is 7.45. The van der Waals surface area contributed by atoms with Crippen LogP contribution < -0.4 is 16.7 Å². The van der Waals surface area contributed by atoms with E-state index in [1.54, 1.807) is 0 Å². The van der Waals surface area contributed by atoms with Crippen LogP contribution >= 0.6 is 7.95 Å². The summed E-state index contributed by atoms with van der Waals surface area (Å²) in [5.74, 6) is 5.04. The van der Waals surface area contributed by atoms with Gasteiger partial charge < -0.3 is 0 Å². The SMILES string of the molecule is CCCN[P+](=O)C1(N)CCCN(N)C1=O. The Bertz CT molecular complexity index is 273. The number of nitrogens with two attached hydrogens (primary N) is 2. The van der Waals surface area contributed by atoms with E-state index < -0.39 is 19.1 Å². The van der Waals surface area contributed by atoms with E-state index in [1.165, 1.54) is 0 Å². The molecule has 1 rings (SSSR count). The van der Waals surface area contributed by atoms with Crippen molar-refractivity contribution in [2.75, 3.05) is 13.1 Å². The Morgan fingerprint density at radius 3 is 2.93 bits per heavy atom. The van der Waals surface area contributed by atoms with Gasteiger partial charge in [0.2, 0.25) is 0 Å². The number of piperidine rings is 1. The van der Waals surface area contributed by atoms with Crippen molar-refractivity contribution in [3.63, 3.8) is 0 Å². The molecule has 86 valence electrons. The lowest BCUT2D eigenvalue weighted by atomic mass is 10.1. The van der Waals surface area contributed by atoms with Crippen molar-refractivity contribution in [2.45, 2.75) is 31.5 Å². The molecule has 0 aromatic carbocycles. The number of rotatable bonds is 4. The fourth-order valence-electron chi connectivity index (χ4n) is 1.52. The molecule has 1 amide bonds. The molecular formula is C8H18N4O2P+. The van der Waals surface area contributed by atoms with Gasteiger partial charge in [-0.05, 0) is 17.4 Å². The number of hydrazine groups is 1. The lowest BCUT2D eigenvalue weighted by Gasteiger charge is -2.29. The Labute approximate surface area is 90.2 Å². The van der Waals surface area contributed by atoms with Crippen LogP contribution in [0.15, 0.2) is 0 Å². The Morgan fingerprint density at radius 1 is 1.67 bits per heavy atom. The summed E-state index contributed by atoms with van der Waals surface area (Å²) in [6.45, 7) is 3.03. The summed E-state index contributed by atoms with van der Waals surface area (Å²) >= 11 is 0. The third-order valence-corrected chi connectivity index (χ3v) is 4.11. The van der Waals surface area contributed by atoms with Gasteiger partial charge in [-0.3, -0.25) is 15.5 Å². The molecule has 1 saturated heterocycles. The first-order chi connectivity index (χ1) is 7.02. The van der Waals surface area contributed by atoms with Crippen molar-refractivity contribution in [1.82, 2.24) is 10.1 Å². The third kappa shape index (κ3) is 2.52. The molecule has 7 heteroatoms. The molecule has 2 unspecified atom stereocenters. The second-order valence-electron chi connectivity index (χ2n) is 3.73. The van der Waals surface area contributed by atoms with E-state index in [2.05, 4.69) is 5.09 Å². The Morgan fingerprint density at radius 2 is 2.33 bits per heavy atom. The summed E-state index contributed by atoms with van der Waals surface area (Å²) in [6.07, 6.45) is 1.96. The van der Waals surface area contributed by atoms with Crippen LogP contribution in [0, 0.1) is 0 Å². The predicted octanol–water partition coefficient (Wildman–Crippen LogP) is -0.120. The molecule has 0 saturated carbocycles. The van der Waals surface area contributed by atoms with E-state index in [0.717, 1.165) is 11.4 Å². The molecular weight excluding hydrogens is 215 g/mol. The molecule has 1 aliphatic heterocycles. The maximum Gasteiger partial charge on any atom is 0.464 e. The van der Waals surface area contributed by atoms with E-state index in [1.807, 2.05) is 6.92 Å². The number of nitrogens with one attached hydrogen (secondary N) is 1. The van der Waals surface area contributed by atoms with E-state index in [-0.39, 0.29) is 0 Å². The smallest absolute Gasteiger partial charge is 0.275 e. The first-order valence-corrected chi connectivity index (χ1v) is 6.34. The maximum absolute atomic E-state index is 11.8. The normalized spacial score (nSPS) is 28.1. The van der Waals surface area contributed by atoms with Gasteiger partial charge in [-0.2, -0.15) is 0 Å². The van der Waals surface area contributed by atoms with Crippen molar-refractivity contribution >= 4 is 13.9 Å². The van der Waals surface area contributed by atoms with Gasteiger partial charge in [0, 0.05) is 19.5 Å². The summed E-state index contributed by atoms with van der Waals surface area (Å²) in [6, 6.07) is 0.